The van der Waals surface area contributed by atoms with Gasteiger partial charge in [-0.2, -0.15) is 0 Å². The molecule has 98 valence electrons. The molecule has 0 aliphatic rings. The van der Waals surface area contributed by atoms with E-state index in [2.05, 4.69) is 26.9 Å². The second kappa shape index (κ2) is 5.97. The minimum atomic E-state index is 0.803. The number of rotatable bonds is 4. The van der Waals surface area contributed by atoms with Gasteiger partial charge in [-0.15, -0.1) is 10.2 Å². The maximum atomic E-state index is 4.32. The van der Waals surface area contributed by atoms with Gasteiger partial charge in [0.25, 0.3) is 0 Å². The van der Waals surface area contributed by atoms with Gasteiger partial charge in [-0.25, -0.2) is 0 Å². The third kappa shape index (κ3) is 3.01. The Balaban J connectivity index is 1.79. The molecule has 0 N–H and O–H groups in total. The molecule has 1 aromatic heterocycles. The molecule has 0 aliphatic carbocycles. The van der Waals surface area contributed by atoms with Gasteiger partial charge in [0.1, 0.15) is 0 Å². The lowest BCUT2D eigenvalue weighted by atomic mass is 10.2. The van der Waals surface area contributed by atoms with Gasteiger partial charge in [-0.3, -0.25) is 0 Å². The van der Waals surface area contributed by atoms with Crippen LogP contribution in [-0.2, 0) is 6.54 Å². The van der Waals surface area contributed by atoms with E-state index in [1.165, 1.54) is 5.56 Å². The molecule has 0 spiro atoms. The zero-order chi connectivity index (χ0) is 13.6. The van der Waals surface area contributed by atoms with Crippen molar-refractivity contribution >= 4 is 11.5 Å². The summed E-state index contributed by atoms with van der Waals surface area (Å²) in [5.74, 6) is 0.859. The van der Waals surface area contributed by atoms with Crippen LogP contribution >= 0.6 is 0 Å². The summed E-state index contributed by atoms with van der Waals surface area (Å²) in [5, 5.41) is 8.58. The molecule has 3 heteroatoms. The second-order valence-corrected chi connectivity index (χ2v) is 4.52. The van der Waals surface area contributed by atoms with Crippen LogP contribution in [0.3, 0.4) is 0 Å². The fourth-order valence-electron chi connectivity index (χ4n) is 2.01. The molecular weight excluding hydrogens is 246 g/mol. The van der Waals surface area contributed by atoms with E-state index < -0.39 is 0 Å². The molecule has 3 aromatic rings. The molecule has 1 heterocycles. The number of benzene rings is 2. The first-order valence-electron chi connectivity index (χ1n) is 6.58. The summed E-state index contributed by atoms with van der Waals surface area (Å²) in [4.78, 5) is 0. The Morgan fingerprint density at radius 3 is 2.15 bits per heavy atom. The fraction of sp³-hybridized carbons (Fsp3) is 0.0588. The maximum absolute atomic E-state index is 4.32. The quantitative estimate of drug-likeness (QED) is 0.595. The monoisotopic (exact) mass is 261 g/mol. The zero-order valence-electron chi connectivity index (χ0n) is 11.1. The Bertz CT molecular complexity index is 685. The van der Waals surface area contributed by atoms with Crippen molar-refractivity contribution in [2.75, 3.05) is 0 Å². The predicted octanol–water partition coefficient (Wildman–Crippen LogP) is 4.95. The fourth-order valence-corrected chi connectivity index (χ4v) is 2.01. The summed E-state index contributed by atoms with van der Waals surface area (Å²) in [6.07, 6.45) is 2.02. The van der Waals surface area contributed by atoms with E-state index in [1.54, 1.807) is 0 Å². The highest BCUT2D eigenvalue weighted by molar-refractivity contribution is 5.37. The molecule has 0 saturated heterocycles. The lowest BCUT2D eigenvalue weighted by Crippen LogP contribution is -1.96. The molecule has 3 rings (SSSR count). The van der Waals surface area contributed by atoms with Crippen molar-refractivity contribution in [3.63, 3.8) is 0 Å². The number of aromatic nitrogens is 1. The molecule has 0 amide bonds. The van der Waals surface area contributed by atoms with Crippen molar-refractivity contribution in [2.24, 2.45) is 10.2 Å². The topological polar surface area (TPSA) is 29.6 Å². The molecule has 0 bridgehead atoms. The van der Waals surface area contributed by atoms with Gasteiger partial charge in [-0.1, -0.05) is 48.5 Å². The molecule has 3 nitrogen and oxygen atoms in total. The average Bonchev–Trinajstić information content (AvgIpc) is 2.94. The van der Waals surface area contributed by atoms with Gasteiger partial charge in [0.15, 0.2) is 5.82 Å². The third-order valence-electron chi connectivity index (χ3n) is 3.03. The summed E-state index contributed by atoms with van der Waals surface area (Å²) in [7, 11) is 0. The average molecular weight is 261 g/mol. The van der Waals surface area contributed by atoms with Crippen LogP contribution in [0.4, 0.5) is 11.5 Å². The molecule has 2 aromatic carbocycles. The van der Waals surface area contributed by atoms with Crippen LogP contribution in [0, 0.1) is 0 Å². The van der Waals surface area contributed by atoms with Crippen LogP contribution in [-0.4, -0.2) is 4.57 Å². The van der Waals surface area contributed by atoms with Crippen LogP contribution in [0.15, 0.2) is 89.2 Å². The Morgan fingerprint density at radius 2 is 1.40 bits per heavy atom. The Kier molecular flexibility index (Phi) is 3.69. The van der Waals surface area contributed by atoms with E-state index in [-0.39, 0.29) is 0 Å². The van der Waals surface area contributed by atoms with Crippen molar-refractivity contribution in [1.82, 2.24) is 4.57 Å². The van der Waals surface area contributed by atoms with Crippen LogP contribution in [0.5, 0.6) is 0 Å². The normalized spacial score (nSPS) is 11.0. The molecule has 0 saturated carbocycles. The van der Waals surface area contributed by atoms with Gasteiger partial charge in [-0.05, 0) is 29.8 Å². The number of nitrogens with zero attached hydrogens (tertiary/aromatic N) is 3. The standard InChI is InChI=1S/C17H15N3/c1-3-8-15(9-4-1)14-20-13-7-12-17(20)19-18-16-10-5-2-6-11-16/h1-13H,14H2. The summed E-state index contributed by atoms with van der Waals surface area (Å²) in [6.45, 7) is 0.803. The largest absolute Gasteiger partial charge is 0.327 e. The van der Waals surface area contributed by atoms with Crippen LogP contribution < -0.4 is 0 Å². The number of hydrogen-bond donors (Lipinski definition) is 0. The molecule has 20 heavy (non-hydrogen) atoms. The lowest BCUT2D eigenvalue weighted by molar-refractivity contribution is 0.801. The van der Waals surface area contributed by atoms with Gasteiger partial charge >= 0.3 is 0 Å². The minimum absolute atomic E-state index is 0.803. The van der Waals surface area contributed by atoms with Crippen LogP contribution in [0.1, 0.15) is 5.56 Å². The summed E-state index contributed by atoms with van der Waals surface area (Å²) >= 11 is 0. The SMILES string of the molecule is c1ccc(Cn2cccc2N=Nc2ccccc2)cc1. The first kappa shape index (κ1) is 12.4. The number of hydrogen-bond acceptors (Lipinski definition) is 2. The minimum Gasteiger partial charge on any atom is -0.327 e. The second-order valence-electron chi connectivity index (χ2n) is 4.52. The van der Waals surface area contributed by atoms with Gasteiger partial charge < -0.3 is 4.57 Å². The molecular formula is C17H15N3. The Labute approximate surface area is 118 Å². The highest BCUT2D eigenvalue weighted by Gasteiger charge is 2.00. The van der Waals surface area contributed by atoms with Gasteiger partial charge in [0, 0.05) is 12.7 Å². The zero-order valence-corrected chi connectivity index (χ0v) is 11.1. The van der Waals surface area contributed by atoms with Gasteiger partial charge in [0.2, 0.25) is 0 Å². The summed E-state index contributed by atoms with van der Waals surface area (Å²) in [5.41, 5.74) is 2.11. The first-order valence-corrected chi connectivity index (χ1v) is 6.58. The third-order valence-corrected chi connectivity index (χ3v) is 3.03. The lowest BCUT2D eigenvalue weighted by Gasteiger charge is -2.05. The Hall–Kier alpha value is -2.68. The molecule has 0 fully saturated rings. The number of azo groups is 1. The van der Waals surface area contributed by atoms with Crippen molar-refractivity contribution in [3.8, 4) is 0 Å². The highest BCUT2D eigenvalue weighted by atomic mass is 15.2. The van der Waals surface area contributed by atoms with Crippen molar-refractivity contribution < 1.29 is 0 Å². The van der Waals surface area contributed by atoms with E-state index in [0.717, 1.165) is 18.1 Å². The van der Waals surface area contributed by atoms with E-state index >= 15 is 0 Å². The Morgan fingerprint density at radius 1 is 0.700 bits per heavy atom. The van der Waals surface area contributed by atoms with Crippen molar-refractivity contribution in [1.29, 1.82) is 0 Å². The van der Waals surface area contributed by atoms with E-state index in [4.69, 9.17) is 0 Å². The maximum Gasteiger partial charge on any atom is 0.155 e. The van der Waals surface area contributed by atoms with Crippen molar-refractivity contribution in [2.45, 2.75) is 6.54 Å². The van der Waals surface area contributed by atoms with Gasteiger partial charge in [0.05, 0.1) is 5.69 Å². The van der Waals surface area contributed by atoms with Crippen LogP contribution in [0.25, 0.3) is 0 Å². The molecule has 0 aliphatic heterocycles. The van der Waals surface area contributed by atoms with Crippen molar-refractivity contribution in [3.05, 3.63) is 84.6 Å². The van der Waals surface area contributed by atoms with E-state index in [1.807, 2.05) is 66.9 Å². The molecule has 0 atom stereocenters. The summed E-state index contributed by atoms with van der Waals surface area (Å²) < 4.78 is 2.09. The van der Waals surface area contributed by atoms with E-state index in [9.17, 15) is 0 Å². The highest BCUT2D eigenvalue weighted by Crippen LogP contribution is 2.19. The first-order chi connectivity index (χ1) is 9.92. The summed E-state index contributed by atoms with van der Waals surface area (Å²) in [6, 6.07) is 24.0. The molecule has 0 radical (unpaired) electrons. The van der Waals surface area contributed by atoms with Crippen LogP contribution in [0.2, 0.25) is 0 Å². The molecule has 0 unspecified atom stereocenters. The predicted molar refractivity (Wildman–Crippen MR) is 80.6 cm³/mol. The smallest absolute Gasteiger partial charge is 0.155 e. The van der Waals surface area contributed by atoms with E-state index in [0.29, 0.717) is 0 Å².